The van der Waals surface area contributed by atoms with Gasteiger partial charge in [0.05, 0.1) is 5.02 Å². The molecule has 0 saturated carbocycles. The van der Waals surface area contributed by atoms with E-state index < -0.39 is 0 Å². The average Bonchev–Trinajstić information content (AvgIpc) is 2.96. The van der Waals surface area contributed by atoms with E-state index in [9.17, 15) is 0 Å². The molecule has 4 heteroatoms. The first kappa shape index (κ1) is 12.7. The second-order valence-electron chi connectivity index (χ2n) is 4.59. The molecule has 0 aliphatic rings. The van der Waals surface area contributed by atoms with E-state index in [0.29, 0.717) is 0 Å². The van der Waals surface area contributed by atoms with Crippen molar-refractivity contribution in [2.45, 2.75) is 20.0 Å². The highest BCUT2D eigenvalue weighted by molar-refractivity contribution is 7.10. The largest absolute Gasteiger partial charge is 0.356 e. The monoisotopic (exact) mass is 290 g/mol. The minimum Gasteiger partial charge on any atom is -0.356 e. The number of nitrogens with one attached hydrogen (secondary N) is 2. The van der Waals surface area contributed by atoms with E-state index in [0.717, 1.165) is 34.7 Å². The summed E-state index contributed by atoms with van der Waals surface area (Å²) >= 11 is 8.17. The Hall–Kier alpha value is -1.29. The van der Waals surface area contributed by atoms with Gasteiger partial charge in [-0.3, -0.25) is 0 Å². The van der Waals surface area contributed by atoms with E-state index in [-0.39, 0.29) is 0 Å². The number of benzene rings is 1. The molecule has 3 rings (SSSR count). The predicted molar refractivity (Wildman–Crippen MR) is 82.9 cm³/mol. The Balaban J connectivity index is 1.72. The minimum absolute atomic E-state index is 0.755. The number of thiophene rings is 1. The highest BCUT2D eigenvalue weighted by Gasteiger charge is 2.08. The lowest BCUT2D eigenvalue weighted by Crippen LogP contribution is -2.12. The predicted octanol–water partition coefficient (Wildman–Crippen LogP) is 4.48. The summed E-state index contributed by atoms with van der Waals surface area (Å²) < 4.78 is 0. The average molecular weight is 291 g/mol. The quantitative estimate of drug-likeness (QED) is 0.728. The molecule has 2 N–H and O–H groups in total. The standard InChI is InChI=1S/C15H15ClN2S/c1-10-6-7-19-14(10)9-17-8-13-15(16)11-4-2-3-5-12(11)18-13/h2-7,17-18H,8-9H2,1H3. The van der Waals surface area contributed by atoms with Gasteiger partial charge in [-0.1, -0.05) is 29.8 Å². The van der Waals surface area contributed by atoms with E-state index in [1.54, 1.807) is 11.3 Å². The van der Waals surface area contributed by atoms with Crippen LogP contribution in [0.15, 0.2) is 35.7 Å². The lowest BCUT2D eigenvalue weighted by molar-refractivity contribution is 0.689. The second-order valence-corrected chi connectivity index (χ2v) is 5.97. The van der Waals surface area contributed by atoms with Crippen molar-refractivity contribution in [1.82, 2.24) is 10.3 Å². The molecule has 19 heavy (non-hydrogen) atoms. The van der Waals surface area contributed by atoms with Crippen LogP contribution in [0.25, 0.3) is 10.9 Å². The third-order valence-electron chi connectivity index (χ3n) is 3.27. The summed E-state index contributed by atoms with van der Waals surface area (Å²) in [5.74, 6) is 0. The minimum atomic E-state index is 0.755. The van der Waals surface area contributed by atoms with Gasteiger partial charge < -0.3 is 10.3 Å². The van der Waals surface area contributed by atoms with Gasteiger partial charge in [0.25, 0.3) is 0 Å². The number of rotatable bonds is 4. The number of fused-ring (bicyclic) bond motifs is 1. The van der Waals surface area contributed by atoms with Crippen molar-refractivity contribution in [3.8, 4) is 0 Å². The van der Waals surface area contributed by atoms with Gasteiger partial charge in [0, 0.05) is 34.6 Å². The highest BCUT2D eigenvalue weighted by Crippen LogP contribution is 2.27. The van der Waals surface area contributed by atoms with E-state index >= 15 is 0 Å². The number of aromatic nitrogens is 1. The van der Waals surface area contributed by atoms with Crippen molar-refractivity contribution in [3.05, 3.63) is 56.9 Å². The van der Waals surface area contributed by atoms with Crippen LogP contribution < -0.4 is 5.32 Å². The molecule has 0 fully saturated rings. The molecule has 0 aliphatic heterocycles. The molecule has 0 aliphatic carbocycles. The molecule has 1 aromatic carbocycles. The number of aryl methyl sites for hydroxylation is 1. The fourth-order valence-corrected chi connectivity index (χ4v) is 3.33. The Morgan fingerprint density at radius 3 is 2.79 bits per heavy atom. The summed E-state index contributed by atoms with van der Waals surface area (Å²) in [6.45, 7) is 3.78. The van der Waals surface area contributed by atoms with Gasteiger partial charge in [0.1, 0.15) is 0 Å². The molecule has 2 heterocycles. The molecule has 3 aromatic rings. The summed E-state index contributed by atoms with van der Waals surface area (Å²) in [6.07, 6.45) is 0. The summed E-state index contributed by atoms with van der Waals surface area (Å²) in [7, 11) is 0. The molecule has 0 spiro atoms. The van der Waals surface area contributed by atoms with E-state index in [4.69, 9.17) is 11.6 Å². The molecular weight excluding hydrogens is 276 g/mol. The van der Waals surface area contributed by atoms with Crippen LogP contribution in [0.4, 0.5) is 0 Å². The summed E-state index contributed by atoms with van der Waals surface area (Å²) in [5.41, 5.74) is 3.49. The van der Waals surface area contributed by atoms with Crippen LogP contribution in [-0.4, -0.2) is 4.98 Å². The number of hydrogen-bond donors (Lipinski definition) is 2. The van der Waals surface area contributed by atoms with Crippen molar-refractivity contribution in [2.24, 2.45) is 0 Å². The van der Waals surface area contributed by atoms with Crippen LogP contribution in [-0.2, 0) is 13.1 Å². The van der Waals surface area contributed by atoms with Gasteiger partial charge >= 0.3 is 0 Å². The van der Waals surface area contributed by atoms with E-state index in [2.05, 4.69) is 28.7 Å². The number of H-pyrrole nitrogens is 1. The zero-order valence-electron chi connectivity index (χ0n) is 10.7. The highest BCUT2D eigenvalue weighted by atomic mass is 35.5. The third kappa shape index (κ3) is 2.54. The van der Waals surface area contributed by atoms with Crippen molar-refractivity contribution < 1.29 is 0 Å². The van der Waals surface area contributed by atoms with Gasteiger partial charge in [0.2, 0.25) is 0 Å². The SMILES string of the molecule is Cc1ccsc1CNCc1[nH]c2ccccc2c1Cl. The van der Waals surface area contributed by atoms with Crippen LogP contribution in [0.1, 0.15) is 16.1 Å². The zero-order chi connectivity index (χ0) is 13.2. The topological polar surface area (TPSA) is 27.8 Å². The third-order valence-corrected chi connectivity index (χ3v) is 4.72. The molecular formula is C15H15ClN2S. The molecule has 0 atom stereocenters. The lowest BCUT2D eigenvalue weighted by Gasteiger charge is -2.03. The normalized spacial score (nSPS) is 11.3. The Bertz CT molecular complexity index is 699. The maximum Gasteiger partial charge on any atom is 0.0705 e. The molecule has 0 saturated heterocycles. The lowest BCUT2D eigenvalue weighted by atomic mass is 10.2. The molecule has 0 unspecified atom stereocenters. The van der Waals surface area contributed by atoms with Gasteiger partial charge in [-0.05, 0) is 30.0 Å². The van der Waals surface area contributed by atoms with E-state index in [1.807, 2.05) is 24.3 Å². The van der Waals surface area contributed by atoms with Gasteiger partial charge in [-0.25, -0.2) is 0 Å². The van der Waals surface area contributed by atoms with Crippen molar-refractivity contribution in [3.63, 3.8) is 0 Å². The van der Waals surface area contributed by atoms with Gasteiger partial charge in [-0.15, -0.1) is 11.3 Å². The molecule has 0 amide bonds. The Kier molecular flexibility index (Phi) is 3.60. The van der Waals surface area contributed by atoms with Crippen LogP contribution in [0.3, 0.4) is 0 Å². The molecule has 0 radical (unpaired) electrons. The first-order valence-corrected chi connectivity index (χ1v) is 7.50. The van der Waals surface area contributed by atoms with Gasteiger partial charge in [-0.2, -0.15) is 0 Å². The molecule has 2 nitrogen and oxygen atoms in total. The fourth-order valence-electron chi connectivity index (χ4n) is 2.17. The molecule has 2 aromatic heterocycles. The van der Waals surface area contributed by atoms with Gasteiger partial charge in [0.15, 0.2) is 0 Å². The summed E-state index contributed by atoms with van der Waals surface area (Å²) in [5, 5.41) is 7.48. The zero-order valence-corrected chi connectivity index (χ0v) is 12.2. The van der Waals surface area contributed by atoms with Crippen LogP contribution in [0.2, 0.25) is 5.02 Å². The molecule has 98 valence electrons. The second kappa shape index (κ2) is 5.37. The maximum absolute atomic E-state index is 6.38. The summed E-state index contributed by atoms with van der Waals surface area (Å²) in [4.78, 5) is 4.75. The maximum atomic E-state index is 6.38. The Morgan fingerprint density at radius 2 is 2.05 bits per heavy atom. The van der Waals surface area contributed by atoms with Crippen LogP contribution in [0, 0.1) is 6.92 Å². The Labute approximate surface area is 121 Å². The van der Waals surface area contributed by atoms with Crippen molar-refractivity contribution in [2.75, 3.05) is 0 Å². The van der Waals surface area contributed by atoms with Crippen LogP contribution in [0.5, 0.6) is 0 Å². The number of halogens is 1. The Morgan fingerprint density at radius 1 is 1.21 bits per heavy atom. The number of hydrogen-bond acceptors (Lipinski definition) is 2. The number of para-hydroxylation sites is 1. The first-order valence-electron chi connectivity index (χ1n) is 6.24. The van der Waals surface area contributed by atoms with E-state index in [1.165, 1.54) is 10.4 Å². The van der Waals surface area contributed by atoms with Crippen LogP contribution >= 0.6 is 22.9 Å². The molecule has 0 bridgehead atoms. The number of aromatic amines is 1. The smallest absolute Gasteiger partial charge is 0.0705 e. The van der Waals surface area contributed by atoms with Crippen molar-refractivity contribution >= 4 is 33.8 Å². The first-order chi connectivity index (χ1) is 9.25. The van der Waals surface area contributed by atoms with Crippen molar-refractivity contribution in [1.29, 1.82) is 0 Å². The fraction of sp³-hybridized carbons (Fsp3) is 0.200. The summed E-state index contributed by atoms with van der Waals surface area (Å²) in [6, 6.07) is 10.3.